The molecule has 2 N–H and O–H groups in total. The van der Waals surface area contributed by atoms with E-state index in [1.165, 1.54) is 0 Å². The van der Waals surface area contributed by atoms with Crippen LogP contribution in [0, 0.1) is 0 Å². The standard InChI is InChI=1S/C14H12ClN3O/c1-19-11-7-3-2-5-9(11)14-17-13(15)10-6-4-8-12(16)18(10)14/h2-8H,16H2,1H3. The molecule has 0 spiro atoms. The number of ether oxygens (including phenoxy) is 1. The molecule has 19 heavy (non-hydrogen) atoms. The molecule has 0 aliphatic rings. The maximum absolute atomic E-state index is 6.17. The highest BCUT2D eigenvalue weighted by Gasteiger charge is 2.15. The molecule has 0 saturated heterocycles. The van der Waals surface area contributed by atoms with Crippen molar-refractivity contribution in [1.82, 2.24) is 9.38 Å². The van der Waals surface area contributed by atoms with Crippen LogP contribution in [0.3, 0.4) is 0 Å². The Bertz CT molecular complexity index is 752. The van der Waals surface area contributed by atoms with Crippen LogP contribution in [-0.2, 0) is 0 Å². The quantitative estimate of drug-likeness (QED) is 0.780. The number of nitrogens with two attached hydrogens (primary N) is 1. The van der Waals surface area contributed by atoms with Gasteiger partial charge in [0.05, 0.1) is 18.2 Å². The number of imidazole rings is 1. The summed E-state index contributed by atoms with van der Waals surface area (Å²) in [6.45, 7) is 0. The van der Waals surface area contributed by atoms with E-state index in [0.29, 0.717) is 16.8 Å². The summed E-state index contributed by atoms with van der Waals surface area (Å²) < 4.78 is 7.18. The first-order valence-electron chi connectivity index (χ1n) is 5.78. The fourth-order valence-electron chi connectivity index (χ4n) is 2.13. The Morgan fingerprint density at radius 2 is 1.95 bits per heavy atom. The SMILES string of the molecule is COc1ccccc1-c1nc(Cl)c2cccc(N)n12. The number of aromatic nitrogens is 2. The van der Waals surface area contributed by atoms with Crippen molar-refractivity contribution in [3.63, 3.8) is 0 Å². The number of fused-ring (bicyclic) bond motifs is 1. The normalized spacial score (nSPS) is 10.8. The number of nitrogen functional groups attached to an aromatic ring is 1. The Hall–Kier alpha value is -2.20. The predicted octanol–water partition coefficient (Wildman–Crippen LogP) is 3.25. The number of methoxy groups -OCH3 is 1. The molecule has 3 aromatic rings. The first-order valence-corrected chi connectivity index (χ1v) is 6.16. The van der Waals surface area contributed by atoms with Gasteiger partial charge in [-0.3, -0.25) is 4.40 Å². The highest BCUT2D eigenvalue weighted by molar-refractivity contribution is 6.33. The predicted molar refractivity (Wildman–Crippen MR) is 76.6 cm³/mol. The molecule has 5 heteroatoms. The third-order valence-corrected chi connectivity index (χ3v) is 3.27. The molecule has 96 valence electrons. The summed E-state index contributed by atoms with van der Waals surface area (Å²) in [5.74, 6) is 1.99. The molecule has 0 fully saturated rings. The van der Waals surface area contributed by atoms with Crippen LogP contribution in [0.4, 0.5) is 5.82 Å². The highest BCUT2D eigenvalue weighted by atomic mass is 35.5. The van der Waals surface area contributed by atoms with Gasteiger partial charge in [-0.25, -0.2) is 4.98 Å². The Kier molecular flexibility index (Phi) is 2.80. The zero-order valence-corrected chi connectivity index (χ0v) is 11.1. The Morgan fingerprint density at radius 3 is 2.74 bits per heavy atom. The van der Waals surface area contributed by atoms with Crippen molar-refractivity contribution in [3.8, 4) is 17.1 Å². The summed E-state index contributed by atoms with van der Waals surface area (Å²) in [7, 11) is 1.62. The number of para-hydroxylation sites is 1. The lowest BCUT2D eigenvalue weighted by atomic mass is 10.2. The second kappa shape index (κ2) is 4.48. The van der Waals surface area contributed by atoms with E-state index in [0.717, 1.165) is 16.8 Å². The van der Waals surface area contributed by atoms with Crippen LogP contribution in [0.2, 0.25) is 5.15 Å². The third-order valence-electron chi connectivity index (χ3n) is 3.00. The lowest BCUT2D eigenvalue weighted by Crippen LogP contribution is -1.99. The number of rotatable bonds is 2. The van der Waals surface area contributed by atoms with Gasteiger partial charge < -0.3 is 10.5 Å². The van der Waals surface area contributed by atoms with Gasteiger partial charge >= 0.3 is 0 Å². The molecule has 0 aliphatic carbocycles. The molecule has 2 heterocycles. The molecule has 0 saturated carbocycles. The highest BCUT2D eigenvalue weighted by Crippen LogP contribution is 2.33. The number of benzene rings is 1. The van der Waals surface area contributed by atoms with Gasteiger partial charge in [-0.1, -0.05) is 29.8 Å². The van der Waals surface area contributed by atoms with Crippen molar-refractivity contribution in [2.45, 2.75) is 0 Å². The lowest BCUT2D eigenvalue weighted by molar-refractivity contribution is 0.416. The molecule has 0 unspecified atom stereocenters. The molecule has 2 aromatic heterocycles. The van der Waals surface area contributed by atoms with Crippen LogP contribution in [0.1, 0.15) is 0 Å². The number of nitrogens with zero attached hydrogens (tertiary/aromatic N) is 2. The monoisotopic (exact) mass is 273 g/mol. The maximum Gasteiger partial charge on any atom is 0.155 e. The number of hydrogen-bond acceptors (Lipinski definition) is 3. The van der Waals surface area contributed by atoms with E-state index >= 15 is 0 Å². The molecule has 4 nitrogen and oxygen atoms in total. The molecule has 0 aliphatic heterocycles. The average Bonchev–Trinajstić information content (AvgIpc) is 2.78. The van der Waals surface area contributed by atoms with E-state index < -0.39 is 0 Å². The van der Waals surface area contributed by atoms with Gasteiger partial charge in [0.1, 0.15) is 11.6 Å². The van der Waals surface area contributed by atoms with E-state index in [9.17, 15) is 0 Å². The van der Waals surface area contributed by atoms with Gasteiger partial charge in [0.25, 0.3) is 0 Å². The van der Waals surface area contributed by atoms with E-state index in [1.54, 1.807) is 7.11 Å². The van der Waals surface area contributed by atoms with Crippen molar-refractivity contribution >= 4 is 22.9 Å². The van der Waals surface area contributed by atoms with E-state index in [-0.39, 0.29) is 0 Å². The van der Waals surface area contributed by atoms with Gasteiger partial charge in [-0.05, 0) is 24.3 Å². The van der Waals surface area contributed by atoms with Crippen LogP contribution in [-0.4, -0.2) is 16.5 Å². The maximum atomic E-state index is 6.17. The number of hydrogen-bond donors (Lipinski definition) is 1. The zero-order chi connectivity index (χ0) is 13.4. The zero-order valence-electron chi connectivity index (χ0n) is 10.3. The first kappa shape index (κ1) is 11.9. The van der Waals surface area contributed by atoms with Crippen molar-refractivity contribution in [1.29, 1.82) is 0 Å². The topological polar surface area (TPSA) is 52.5 Å². The average molecular weight is 274 g/mol. The summed E-state index contributed by atoms with van der Waals surface area (Å²) in [4.78, 5) is 4.40. The minimum Gasteiger partial charge on any atom is -0.496 e. The third kappa shape index (κ3) is 1.81. The largest absolute Gasteiger partial charge is 0.496 e. The van der Waals surface area contributed by atoms with Gasteiger partial charge in [0.2, 0.25) is 0 Å². The summed E-state index contributed by atoms with van der Waals surface area (Å²) in [5.41, 5.74) is 7.65. The summed E-state index contributed by atoms with van der Waals surface area (Å²) in [6, 6.07) is 13.2. The van der Waals surface area contributed by atoms with Crippen molar-refractivity contribution in [2.75, 3.05) is 12.8 Å². The number of anilines is 1. The summed E-state index contributed by atoms with van der Waals surface area (Å²) in [5, 5.41) is 0.424. The van der Waals surface area contributed by atoms with Crippen molar-refractivity contribution in [3.05, 3.63) is 47.6 Å². The minimum atomic E-state index is 0.424. The van der Waals surface area contributed by atoms with Gasteiger partial charge in [-0.15, -0.1) is 0 Å². The molecule has 0 amide bonds. The fraction of sp³-hybridized carbons (Fsp3) is 0.0714. The Morgan fingerprint density at radius 1 is 1.16 bits per heavy atom. The van der Waals surface area contributed by atoms with Crippen molar-refractivity contribution < 1.29 is 4.74 Å². The Labute approximate surface area is 115 Å². The molecule has 0 radical (unpaired) electrons. The number of halogens is 1. The van der Waals surface area contributed by atoms with Gasteiger partial charge in [0, 0.05) is 0 Å². The first-order chi connectivity index (χ1) is 9.22. The molecule has 1 aromatic carbocycles. The molecule has 0 bridgehead atoms. The van der Waals surface area contributed by atoms with Crippen LogP contribution in [0.15, 0.2) is 42.5 Å². The Balaban J connectivity index is 2.37. The van der Waals surface area contributed by atoms with Crippen LogP contribution < -0.4 is 10.5 Å². The van der Waals surface area contributed by atoms with Crippen molar-refractivity contribution in [2.24, 2.45) is 0 Å². The van der Waals surface area contributed by atoms with E-state index in [2.05, 4.69) is 4.98 Å². The minimum absolute atomic E-state index is 0.424. The number of pyridine rings is 1. The smallest absolute Gasteiger partial charge is 0.155 e. The summed E-state index contributed by atoms with van der Waals surface area (Å²) in [6.07, 6.45) is 0. The molecule has 3 rings (SSSR count). The van der Waals surface area contributed by atoms with Crippen LogP contribution >= 0.6 is 11.6 Å². The van der Waals surface area contributed by atoms with E-state index in [1.807, 2.05) is 46.9 Å². The second-order valence-corrected chi connectivity index (χ2v) is 4.46. The van der Waals surface area contributed by atoms with Gasteiger partial charge in [-0.2, -0.15) is 0 Å². The fourth-order valence-corrected chi connectivity index (χ4v) is 2.36. The van der Waals surface area contributed by atoms with Gasteiger partial charge in [0.15, 0.2) is 11.0 Å². The lowest BCUT2D eigenvalue weighted by Gasteiger charge is -2.08. The summed E-state index contributed by atoms with van der Waals surface area (Å²) >= 11 is 6.17. The second-order valence-electron chi connectivity index (χ2n) is 4.10. The van der Waals surface area contributed by atoms with E-state index in [4.69, 9.17) is 22.1 Å². The molecule has 0 atom stereocenters. The van der Waals surface area contributed by atoms with Crippen LogP contribution in [0.5, 0.6) is 5.75 Å². The van der Waals surface area contributed by atoms with Crippen LogP contribution in [0.25, 0.3) is 16.9 Å². The molecular formula is C14H12ClN3O. The molecular weight excluding hydrogens is 262 g/mol.